The van der Waals surface area contributed by atoms with Crippen LogP contribution in [-0.4, -0.2) is 63.5 Å². The van der Waals surface area contributed by atoms with Crippen LogP contribution < -0.4 is 11.1 Å². The van der Waals surface area contributed by atoms with Gasteiger partial charge in [0.25, 0.3) is 0 Å². The molecule has 1 fully saturated rings. The van der Waals surface area contributed by atoms with Crippen molar-refractivity contribution >= 4 is 23.8 Å². The molecule has 0 aromatic carbocycles. The quantitative estimate of drug-likeness (QED) is 0.445. The highest BCUT2D eigenvalue weighted by Crippen LogP contribution is 2.20. The minimum atomic E-state index is -1.11. The first kappa shape index (κ1) is 20.9. The number of hydrogen-bond acceptors (Lipinski definition) is 5. The first-order chi connectivity index (χ1) is 11.6. The van der Waals surface area contributed by atoms with Crippen molar-refractivity contribution in [1.82, 2.24) is 10.2 Å². The zero-order chi connectivity index (χ0) is 19.1. The summed E-state index contributed by atoms with van der Waals surface area (Å²) in [6.07, 6.45) is 1.09. The van der Waals surface area contributed by atoms with Crippen LogP contribution in [0.25, 0.3) is 0 Å². The van der Waals surface area contributed by atoms with Crippen LogP contribution >= 0.6 is 0 Å². The fourth-order valence-corrected chi connectivity index (χ4v) is 2.88. The molecule has 0 bridgehead atoms. The maximum atomic E-state index is 12.4. The predicted octanol–water partition coefficient (Wildman–Crippen LogP) is -0.215. The van der Waals surface area contributed by atoms with Gasteiger partial charge in [-0.3, -0.25) is 14.4 Å². The third-order valence-electron chi connectivity index (χ3n) is 4.15. The van der Waals surface area contributed by atoms with Gasteiger partial charge in [-0.2, -0.15) is 0 Å². The number of rotatable bonds is 9. The second-order valence-corrected chi connectivity index (χ2v) is 6.76. The van der Waals surface area contributed by atoms with Gasteiger partial charge in [0.05, 0.1) is 6.04 Å². The van der Waals surface area contributed by atoms with Crippen LogP contribution in [0, 0.1) is 5.92 Å². The second kappa shape index (κ2) is 9.36. The molecule has 0 aliphatic carbocycles. The number of nitrogens with one attached hydrogen (secondary N) is 1. The molecule has 5 N–H and O–H groups in total. The number of carboxylic acid groups (broad SMARTS) is 2. The molecule has 1 aliphatic rings. The maximum absolute atomic E-state index is 12.4. The molecular formula is C16H27N3O6. The van der Waals surface area contributed by atoms with Gasteiger partial charge in [-0.05, 0) is 31.6 Å². The Balaban J connectivity index is 2.72. The van der Waals surface area contributed by atoms with Gasteiger partial charge in [-0.1, -0.05) is 13.8 Å². The molecule has 0 radical (unpaired) electrons. The van der Waals surface area contributed by atoms with Gasteiger partial charge in [0.1, 0.15) is 12.1 Å². The fourth-order valence-electron chi connectivity index (χ4n) is 2.88. The number of carbonyl (C=O) groups excluding carboxylic acids is 2. The number of carboxylic acids is 2. The van der Waals surface area contributed by atoms with Crippen molar-refractivity contribution in [2.24, 2.45) is 11.7 Å². The zero-order valence-electron chi connectivity index (χ0n) is 14.6. The average molecular weight is 357 g/mol. The van der Waals surface area contributed by atoms with Crippen molar-refractivity contribution in [2.45, 2.75) is 64.1 Å². The molecule has 25 heavy (non-hydrogen) atoms. The number of amides is 2. The van der Waals surface area contributed by atoms with Crippen molar-refractivity contribution in [2.75, 3.05) is 6.54 Å². The highest BCUT2D eigenvalue weighted by molar-refractivity contribution is 5.92. The number of likely N-dealkylation sites (tertiary alicyclic amines) is 1. The molecule has 0 saturated carbocycles. The molecule has 1 aliphatic heterocycles. The first-order valence-electron chi connectivity index (χ1n) is 8.44. The van der Waals surface area contributed by atoms with Crippen molar-refractivity contribution < 1.29 is 29.4 Å². The molecule has 1 rings (SSSR count). The lowest BCUT2D eigenvalue weighted by atomic mass is 10.0. The molecule has 2 amide bonds. The first-order valence-corrected chi connectivity index (χ1v) is 8.44. The van der Waals surface area contributed by atoms with Crippen LogP contribution in [0.3, 0.4) is 0 Å². The number of aliphatic carboxylic acids is 2. The molecular weight excluding hydrogens is 330 g/mol. The van der Waals surface area contributed by atoms with Crippen LogP contribution in [0.1, 0.15) is 46.0 Å². The lowest BCUT2D eigenvalue weighted by Gasteiger charge is -2.28. The van der Waals surface area contributed by atoms with Crippen LogP contribution in [0.15, 0.2) is 0 Å². The van der Waals surface area contributed by atoms with Crippen LogP contribution in [0.5, 0.6) is 0 Å². The molecule has 3 atom stereocenters. The second-order valence-electron chi connectivity index (χ2n) is 6.76. The van der Waals surface area contributed by atoms with Gasteiger partial charge in [0, 0.05) is 13.0 Å². The number of nitrogens with two attached hydrogens (primary N) is 1. The van der Waals surface area contributed by atoms with Crippen LogP contribution in [0.4, 0.5) is 0 Å². The van der Waals surface area contributed by atoms with E-state index in [-0.39, 0.29) is 18.8 Å². The van der Waals surface area contributed by atoms with Crippen LogP contribution in [0.2, 0.25) is 0 Å². The van der Waals surface area contributed by atoms with Crippen molar-refractivity contribution in [3.8, 4) is 0 Å². The van der Waals surface area contributed by atoms with E-state index in [2.05, 4.69) is 5.32 Å². The van der Waals surface area contributed by atoms with Crippen molar-refractivity contribution in [3.63, 3.8) is 0 Å². The molecule has 0 aromatic heterocycles. The summed E-state index contributed by atoms with van der Waals surface area (Å²) in [5.41, 5.74) is 5.74. The van der Waals surface area contributed by atoms with Crippen molar-refractivity contribution in [3.05, 3.63) is 0 Å². The van der Waals surface area contributed by atoms with E-state index < -0.39 is 41.9 Å². The third-order valence-corrected chi connectivity index (χ3v) is 4.15. The van der Waals surface area contributed by atoms with E-state index in [4.69, 9.17) is 10.8 Å². The van der Waals surface area contributed by atoms with Gasteiger partial charge in [0.2, 0.25) is 11.8 Å². The summed E-state index contributed by atoms with van der Waals surface area (Å²) in [5.74, 6) is -3.06. The summed E-state index contributed by atoms with van der Waals surface area (Å²) < 4.78 is 0. The Morgan fingerprint density at radius 2 is 1.88 bits per heavy atom. The molecule has 1 saturated heterocycles. The molecule has 142 valence electrons. The fraction of sp³-hybridized carbons (Fsp3) is 0.750. The Kier molecular flexibility index (Phi) is 7.82. The van der Waals surface area contributed by atoms with Crippen molar-refractivity contribution in [1.29, 1.82) is 0 Å². The normalized spacial score (nSPS) is 19.5. The number of hydrogen-bond donors (Lipinski definition) is 4. The van der Waals surface area contributed by atoms with E-state index in [1.807, 2.05) is 13.8 Å². The predicted molar refractivity (Wildman–Crippen MR) is 88.6 cm³/mol. The molecule has 0 unspecified atom stereocenters. The third kappa shape index (κ3) is 6.33. The smallest absolute Gasteiger partial charge is 0.326 e. The largest absolute Gasteiger partial charge is 0.481 e. The molecule has 1 heterocycles. The van der Waals surface area contributed by atoms with E-state index >= 15 is 0 Å². The SMILES string of the molecule is CC(C)C[C@H](NC(=O)[C@@H]1CCCN1C(=O)[C@@H](N)CCC(=O)O)C(=O)O. The van der Waals surface area contributed by atoms with E-state index in [0.29, 0.717) is 25.8 Å². The lowest BCUT2D eigenvalue weighted by molar-refractivity contribution is -0.144. The Hall–Kier alpha value is -2.16. The number of carbonyl (C=O) groups is 4. The van der Waals surface area contributed by atoms with Gasteiger partial charge in [0.15, 0.2) is 0 Å². The van der Waals surface area contributed by atoms with E-state index in [1.165, 1.54) is 4.90 Å². The minimum absolute atomic E-state index is 0.00982. The highest BCUT2D eigenvalue weighted by Gasteiger charge is 2.37. The summed E-state index contributed by atoms with van der Waals surface area (Å²) in [7, 11) is 0. The highest BCUT2D eigenvalue weighted by atomic mass is 16.4. The topological polar surface area (TPSA) is 150 Å². The Labute approximate surface area is 146 Å². The summed E-state index contributed by atoms with van der Waals surface area (Å²) in [6, 6.07) is -2.77. The lowest BCUT2D eigenvalue weighted by Crippen LogP contribution is -2.54. The summed E-state index contributed by atoms with van der Waals surface area (Å²) >= 11 is 0. The standard InChI is InChI=1S/C16H27N3O6/c1-9(2)8-11(16(24)25)18-14(22)12-4-3-7-19(12)15(23)10(17)5-6-13(20)21/h9-12H,3-8,17H2,1-2H3,(H,18,22)(H,20,21)(H,24,25)/t10-,11-,12-/m0/s1. The average Bonchev–Trinajstić information content (AvgIpc) is 3.00. The van der Waals surface area contributed by atoms with Gasteiger partial charge < -0.3 is 26.2 Å². The minimum Gasteiger partial charge on any atom is -0.481 e. The zero-order valence-corrected chi connectivity index (χ0v) is 14.6. The molecule has 9 nitrogen and oxygen atoms in total. The molecule has 0 spiro atoms. The monoisotopic (exact) mass is 357 g/mol. The van der Waals surface area contributed by atoms with Gasteiger partial charge in [-0.15, -0.1) is 0 Å². The van der Waals surface area contributed by atoms with Gasteiger partial charge >= 0.3 is 11.9 Å². The Morgan fingerprint density at radius 1 is 1.24 bits per heavy atom. The number of nitrogens with zero attached hydrogens (tertiary/aromatic N) is 1. The maximum Gasteiger partial charge on any atom is 0.326 e. The van der Waals surface area contributed by atoms with E-state index in [9.17, 15) is 24.3 Å². The summed E-state index contributed by atoms with van der Waals surface area (Å²) in [5, 5.41) is 20.4. The summed E-state index contributed by atoms with van der Waals surface area (Å²) in [4.78, 5) is 48.0. The van der Waals surface area contributed by atoms with E-state index in [0.717, 1.165) is 0 Å². The van der Waals surface area contributed by atoms with Crippen LogP contribution in [-0.2, 0) is 19.2 Å². The Morgan fingerprint density at radius 3 is 2.40 bits per heavy atom. The Bertz CT molecular complexity index is 522. The van der Waals surface area contributed by atoms with E-state index in [1.54, 1.807) is 0 Å². The molecule has 9 heteroatoms. The van der Waals surface area contributed by atoms with Gasteiger partial charge in [-0.25, -0.2) is 4.79 Å². The summed E-state index contributed by atoms with van der Waals surface area (Å²) in [6.45, 7) is 4.06. The molecule has 0 aromatic rings.